The Bertz CT molecular complexity index is 1030. The first-order valence-corrected chi connectivity index (χ1v) is 15.3. The summed E-state index contributed by atoms with van der Waals surface area (Å²) in [5.74, 6) is -0.971. The molecule has 0 radical (unpaired) electrons. The molecule has 4 unspecified atom stereocenters. The molecule has 0 aliphatic rings. The van der Waals surface area contributed by atoms with Gasteiger partial charge in [0.1, 0.15) is 17.7 Å². The Morgan fingerprint density at radius 3 is 2.05 bits per heavy atom. The van der Waals surface area contributed by atoms with E-state index in [4.69, 9.17) is 9.47 Å². The van der Waals surface area contributed by atoms with Crippen molar-refractivity contribution < 1.29 is 28.7 Å². The number of esters is 1. The first-order chi connectivity index (χ1) is 19.5. The lowest BCUT2D eigenvalue weighted by Crippen LogP contribution is -2.57. The molecule has 4 atom stereocenters. The fourth-order valence-electron chi connectivity index (χ4n) is 4.86. The van der Waals surface area contributed by atoms with Crippen molar-refractivity contribution in [2.75, 3.05) is 13.2 Å². The molecule has 238 valence electrons. The highest BCUT2D eigenvalue weighted by Gasteiger charge is 2.41. The zero-order valence-corrected chi connectivity index (χ0v) is 27.8. The molecule has 0 aromatic heterocycles. The van der Waals surface area contributed by atoms with E-state index in [1.165, 1.54) is 0 Å². The highest BCUT2D eigenvalue weighted by Crippen LogP contribution is 2.32. The SMILES string of the molecule is CCOC(=O)CCNC(=O)C(c1c(C)cccc1C)N(C(=O)C(NC(=O)OC(C)(C)C)C(C)CC)C(C)CCC(C)C. The van der Waals surface area contributed by atoms with E-state index in [2.05, 4.69) is 24.5 Å². The van der Waals surface area contributed by atoms with Crippen molar-refractivity contribution in [1.29, 1.82) is 0 Å². The lowest BCUT2D eigenvalue weighted by atomic mass is 9.90. The van der Waals surface area contributed by atoms with Crippen molar-refractivity contribution in [3.63, 3.8) is 0 Å². The topological polar surface area (TPSA) is 114 Å². The number of hydrogen-bond donors (Lipinski definition) is 2. The van der Waals surface area contributed by atoms with Crippen LogP contribution in [0.15, 0.2) is 18.2 Å². The van der Waals surface area contributed by atoms with E-state index in [-0.39, 0.29) is 43.3 Å². The summed E-state index contributed by atoms with van der Waals surface area (Å²) in [6.07, 6.45) is 1.48. The molecule has 0 fully saturated rings. The van der Waals surface area contributed by atoms with E-state index in [9.17, 15) is 19.2 Å². The quantitative estimate of drug-likeness (QED) is 0.242. The monoisotopic (exact) mass is 589 g/mol. The minimum Gasteiger partial charge on any atom is -0.466 e. The number of alkyl carbamates (subject to hydrolysis) is 1. The minimum atomic E-state index is -0.977. The lowest BCUT2D eigenvalue weighted by Gasteiger charge is -2.40. The predicted molar refractivity (Wildman–Crippen MR) is 166 cm³/mol. The molecule has 9 nitrogen and oxygen atoms in total. The maximum Gasteiger partial charge on any atom is 0.408 e. The van der Waals surface area contributed by atoms with Gasteiger partial charge >= 0.3 is 12.1 Å². The standard InChI is InChI=1S/C33H55N3O6/c1-12-22(5)28(35-32(40)42-33(9,10)11)31(39)36(25(8)18-17-21(3)4)29(27-23(6)15-14-16-24(27)7)30(38)34-20-19-26(37)41-13-2/h14-16,21-22,25,28-29H,12-13,17-20H2,1-11H3,(H,34,38)(H,35,40). The molecule has 9 heteroatoms. The van der Waals surface area contributed by atoms with Gasteiger partial charge in [-0.15, -0.1) is 0 Å². The number of amides is 3. The number of hydrogen-bond acceptors (Lipinski definition) is 6. The second kappa shape index (κ2) is 17.1. The van der Waals surface area contributed by atoms with Gasteiger partial charge in [0, 0.05) is 12.6 Å². The number of nitrogens with one attached hydrogen (secondary N) is 2. The summed E-state index contributed by atoms with van der Waals surface area (Å²) < 4.78 is 10.5. The number of nitrogens with zero attached hydrogens (tertiary/aromatic N) is 1. The van der Waals surface area contributed by atoms with Crippen LogP contribution in [0.3, 0.4) is 0 Å². The Balaban J connectivity index is 3.70. The molecule has 1 rings (SSSR count). The summed E-state index contributed by atoms with van der Waals surface area (Å²) in [5, 5.41) is 5.71. The van der Waals surface area contributed by atoms with Gasteiger partial charge in [0.2, 0.25) is 11.8 Å². The zero-order chi connectivity index (χ0) is 32.2. The average Bonchev–Trinajstić information content (AvgIpc) is 2.88. The molecule has 42 heavy (non-hydrogen) atoms. The third-order valence-corrected chi connectivity index (χ3v) is 7.32. The van der Waals surface area contributed by atoms with Crippen molar-refractivity contribution in [2.45, 2.75) is 126 Å². The predicted octanol–water partition coefficient (Wildman–Crippen LogP) is 6.01. The summed E-state index contributed by atoms with van der Waals surface area (Å²) in [5.41, 5.74) is 1.73. The van der Waals surface area contributed by atoms with Gasteiger partial charge in [-0.2, -0.15) is 0 Å². The minimum absolute atomic E-state index is 0.0194. The van der Waals surface area contributed by atoms with Crippen LogP contribution in [0.25, 0.3) is 0 Å². The highest BCUT2D eigenvalue weighted by atomic mass is 16.6. The van der Waals surface area contributed by atoms with Crippen LogP contribution >= 0.6 is 0 Å². The van der Waals surface area contributed by atoms with Crippen molar-refractivity contribution in [3.05, 3.63) is 34.9 Å². The molecule has 0 spiro atoms. The fourth-order valence-corrected chi connectivity index (χ4v) is 4.86. The van der Waals surface area contributed by atoms with Crippen molar-refractivity contribution in [3.8, 4) is 0 Å². The van der Waals surface area contributed by atoms with E-state index in [1.54, 1.807) is 32.6 Å². The second-order valence-corrected chi connectivity index (χ2v) is 12.6. The number of ether oxygens (including phenoxy) is 2. The molecule has 2 N–H and O–H groups in total. The van der Waals surface area contributed by atoms with Crippen molar-refractivity contribution >= 4 is 23.9 Å². The van der Waals surface area contributed by atoms with Crippen LogP contribution in [0.4, 0.5) is 4.79 Å². The summed E-state index contributed by atoms with van der Waals surface area (Å²) in [7, 11) is 0. The van der Waals surface area contributed by atoms with Crippen LogP contribution in [0, 0.1) is 25.7 Å². The Kier molecular flexibility index (Phi) is 15.1. The van der Waals surface area contributed by atoms with Gasteiger partial charge in [0.25, 0.3) is 0 Å². The normalized spacial score (nSPS) is 14.4. The number of benzene rings is 1. The van der Waals surface area contributed by atoms with E-state index < -0.39 is 29.7 Å². The van der Waals surface area contributed by atoms with Gasteiger partial charge in [-0.1, -0.05) is 52.3 Å². The summed E-state index contributed by atoms with van der Waals surface area (Å²) in [6.45, 7) is 21.3. The zero-order valence-electron chi connectivity index (χ0n) is 27.8. The Labute approximate surface area is 253 Å². The molecule has 1 aromatic rings. The summed E-state index contributed by atoms with van der Waals surface area (Å²) >= 11 is 0. The average molecular weight is 590 g/mol. The summed E-state index contributed by atoms with van der Waals surface area (Å²) in [6, 6.07) is 3.55. The van der Waals surface area contributed by atoms with Gasteiger partial charge in [0.15, 0.2) is 0 Å². The van der Waals surface area contributed by atoms with Crippen LogP contribution in [-0.4, -0.2) is 59.6 Å². The third-order valence-electron chi connectivity index (χ3n) is 7.32. The lowest BCUT2D eigenvalue weighted by molar-refractivity contribution is -0.147. The van der Waals surface area contributed by atoms with Crippen molar-refractivity contribution in [2.24, 2.45) is 11.8 Å². The molecule has 0 aliphatic carbocycles. The molecular weight excluding hydrogens is 534 g/mol. The Hall–Kier alpha value is -3.10. The van der Waals surface area contributed by atoms with E-state index in [0.29, 0.717) is 18.8 Å². The number of rotatable bonds is 15. The van der Waals surface area contributed by atoms with Gasteiger partial charge in [-0.25, -0.2) is 4.79 Å². The van der Waals surface area contributed by atoms with Crippen LogP contribution in [0.1, 0.15) is 111 Å². The molecule has 0 saturated carbocycles. The third kappa shape index (κ3) is 11.6. The molecule has 0 aliphatic heterocycles. The fraction of sp³-hybridized carbons (Fsp3) is 0.697. The van der Waals surface area contributed by atoms with Crippen molar-refractivity contribution in [1.82, 2.24) is 15.5 Å². The number of carbonyl (C=O) groups is 4. The number of aryl methyl sites for hydroxylation is 2. The van der Waals surface area contributed by atoms with Crippen LogP contribution < -0.4 is 10.6 Å². The van der Waals surface area contributed by atoms with Crippen LogP contribution in [-0.2, 0) is 23.9 Å². The smallest absolute Gasteiger partial charge is 0.408 e. The second-order valence-electron chi connectivity index (χ2n) is 12.6. The van der Waals surface area contributed by atoms with E-state index >= 15 is 0 Å². The molecule has 0 bridgehead atoms. The van der Waals surface area contributed by atoms with E-state index in [0.717, 1.165) is 23.1 Å². The van der Waals surface area contributed by atoms with Gasteiger partial charge in [-0.3, -0.25) is 14.4 Å². The first-order valence-electron chi connectivity index (χ1n) is 15.3. The maximum absolute atomic E-state index is 14.6. The first kappa shape index (κ1) is 36.9. The largest absolute Gasteiger partial charge is 0.466 e. The van der Waals surface area contributed by atoms with Gasteiger partial charge < -0.3 is 25.0 Å². The van der Waals surface area contributed by atoms with Crippen LogP contribution in [0.2, 0.25) is 0 Å². The molecule has 0 saturated heterocycles. The highest BCUT2D eigenvalue weighted by molar-refractivity contribution is 5.93. The molecule has 1 aromatic carbocycles. The molecule has 3 amide bonds. The Morgan fingerprint density at radius 2 is 1.55 bits per heavy atom. The molecular formula is C33H55N3O6. The van der Waals surface area contributed by atoms with Gasteiger partial charge in [-0.05, 0) is 89.8 Å². The maximum atomic E-state index is 14.6. The van der Waals surface area contributed by atoms with Crippen LogP contribution in [0.5, 0.6) is 0 Å². The van der Waals surface area contributed by atoms with Gasteiger partial charge in [0.05, 0.1) is 13.0 Å². The Morgan fingerprint density at radius 1 is 0.952 bits per heavy atom. The molecule has 0 heterocycles. The number of carbonyl (C=O) groups excluding carboxylic acids is 4. The van der Waals surface area contributed by atoms with E-state index in [1.807, 2.05) is 52.8 Å². The summed E-state index contributed by atoms with van der Waals surface area (Å²) in [4.78, 5) is 55.3.